The molecule has 1 aliphatic heterocycles. The molecule has 2 unspecified atom stereocenters. The molecule has 2 aliphatic carbocycles. The summed E-state index contributed by atoms with van der Waals surface area (Å²) < 4.78 is 0. The van der Waals surface area contributed by atoms with E-state index in [4.69, 9.17) is 11.6 Å². The fraction of sp³-hybridized carbons (Fsp3) is 0.0667. The van der Waals surface area contributed by atoms with Crippen molar-refractivity contribution in [1.29, 1.82) is 0 Å². The topological polar surface area (TPSA) is 0 Å². The van der Waals surface area contributed by atoms with Crippen molar-refractivity contribution in [3.05, 3.63) is 142 Å². The van der Waals surface area contributed by atoms with Crippen molar-refractivity contribution in [2.75, 3.05) is 0 Å². The average Bonchev–Trinajstić information content (AvgIpc) is 3.47. The van der Waals surface area contributed by atoms with Crippen LogP contribution in [0.3, 0.4) is 0 Å². The van der Waals surface area contributed by atoms with Gasteiger partial charge in [0.2, 0.25) is 0 Å². The minimum absolute atomic E-state index is 0. The second-order valence-corrected chi connectivity index (χ2v) is 9.60. The molecule has 0 fully saturated rings. The van der Waals surface area contributed by atoms with E-state index in [0.29, 0.717) is 5.92 Å². The Balaban J connectivity index is 0.000000180. The van der Waals surface area contributed by atoms with Gasteiger partial charge in [0.15, 0.2) is 0 Å². The van der Waals surface area contributed by atoms with E-state index in [1.54, 1.807) is 0 Å². The fourth-order valence-corrected chi connectivity index (χ4v) is 5.94. The maximum Gasteiger partial charge on any atom is 4.00 e. The summed E-state index contributed by atoms with van der Waals surface area (Å²) in [5, 5.41) is 0.826. The predicted molar refractivity (Wildman–Crippen MR) is 134 cm³/mol. The molecular formula is C30H19Cl3SZr. The molecule has 0 amide bonds. The van der Waals surface area contributed by atoms with E-state index in [1.165, 1.54) is 43.2 Å². The van der Waals surface area contributed by atoms with Gasteiger partial charge in [-0.1, -0.05) is 106 Å². The summed E-state index contributed by atoms with van der Waals surface area (Å²) in [6.07, 6.45) is 11.0. The van der Waals surface area contributed by atoms with Gasteiger partial charge >= 0.3 is 26.2 Å². The Hall–Kier alpha value is -1.54. The second kappa shape index (κ2) is 12.1. The number of fused-ring (bicyclic) bond motifs is 4. The quantitative estimate of drug-likeness (QED) is 0.299. The van der Waals surface area contributed by atoms with E-state index in [1.807, 2.05) is 48.2 Å². The van der Waals surface area contributed by atoms with Crippen molar-refractivity contribution in [3.8, 4) is 0 Å². The molecule has 170 valence electrons. The third kappa shape index (κ3) is 5.43. The fourth-order valence-electron chi connectivity index (χ4n) is 4.62. The van der Waals surface area contributed by atoms with Crippen LogP contribution in [0.4, 0.5) is 0 Å². The van der Waals surface area contributed by atoms with E-state index in [9.17, 15) is 0 Å². The van der Waals surface area contributed by atoms with Gasteiger partial charge in [0, 0.05) is 9.92 Å². The van der Waals surface area contributed by atoms with Crippen molar-refractivity contribution in [3.63, 3.8) is 0 Å². The van der Waals surface area contributed by atoms with Gasteiger partial charge in [-0.25, -0.2) is 12.2 Å². The van der Waals surface area contributed by atoms with Crippen LogP contribution >= 0.6 is 23.4 Å². The van der Waals surface area contributed by atoms with E-state index in [2.05, 4.69) is 78.9 Å². The van der Waals surface area contributed by atoms with E-state index < -0.39 is 0 Å². The van der Waals surface area contributed by atoms with Crippen LogP contribution in [0.15, 0.2) is 101 Å². The molecule has 0 saturated carbocycles. The molecule has 4 aromatic rings. The van der Waals surface area contributed by atoms with Crippen LogP contribution in [0.25, 0.3) is 12.2 Å². The summed E-state index contributed by atoms with van der Waals surface area (Å²) in [7, 11) is 0. The first-order valence-corrected chi connectivity index (χ1v) is 11.9. The number of rotatable bonds is 1. The Labute approximate surface area is 247 Å². The molecule has 5 heteroatoms. The summed E-state index contributed by atoms with van der Waals surface area (Å²) in [6.45, 7) is 0. The molecule has 2 atom stereocenters. The van der Waals surface area contributed by atoms with Gasteiger partial charge in [-0.05, 0) is 18.2 Å². The second-order valence-electron chi connectivity index (χ2n) is 8.08. The first-order valence-electron chi connectivity index (χ1n) is 10.7. The summed E-state index contributed by atoms with van der Waals surface area (Å²) >= 11 is 8.10. The molecule has 0 radical (unpaired) electrons. The molecular weight excluding hydrogens is 590 g/mol. The largest absolute Gasteiger partial charge is 4.00 e. The Kier molecular flexibility index (Phi) is 9.72. The van der Waals surface area contributed by atoms with Crippen molar-refractivity contribution < 1.29 is 51.0 Å². The molecule has 6 bridgehead atoms. The molecule has 0 aromatic heterocycles. The summed E-state index contributed by atoms with van der Waals surface area (Å²) in [5.74, 6) is 0.528. The van der Waals surface area contributed by atoms with Crippen LogP contribution in [0, 0.1) is 12.2 Å². The Morgan fingerprint density at radius 1 is 0.686 bits per heavy atom. The monoisotopic (exact) mass is 606 g/mol. The summed E-state index contributed by atoms with van der Waals surface area (Å²) in [4.78, 5) is 2.68. The van der Waals surface area contributed by atoms with Crippen molar-refractivity contribution >= 4 is 35.5 Å². The minimum atomic E-state index is 0. The molecule has 35 heavy (non-hydrogen) atoms. The SMILES string of the molecule is Clc1cccc2c1C(c1ccccc1)[C-]=C2.[C-]1=Cc2c3cccc2C1c1cccc(c1)S3.[Cl-].[Cl-].[Zr+4]. The normalized spacial score (nSPS) is 16.8. The van der Waals surface area contributed by atoms with Gasteiger partial charge < -0.3 is 24.8 Å². The third-order valence-corrected chi connectivity index (χ3v) is 7.53. The van der Waals surface area contributed by atoms with Crippen molar-refractivity contribution in [1.82, 2.24) is 0 Å². The molecule has 0 nitrogen and oxygen atoms in total. The summed E-state index contributed by atoms with van der Waals surface area (Å²) in [5.41, 5.74) is 7.73. The standard InChI is InChI=1S/C15H10Cl.C15H9S.2ClH.Zr/c16-14-8-4-7-12-9-10-13(15(12)14)11-5-2-1-3-6-11;1-3-10-9-11(4-1)16-15-6-2-5-13-12(10)7-8-14(13)15;;;/h1-9,13H;1-6,8-9,12H;2*1H;/q2*-1;;;+4/p-2. The van der Waals surface area contributed by atoms with Crippen LogP contribution in [0.1, 0.15) is 45.2 Å². The average molecular weight is 609 g/mol. The van der Waals surface area contributed by atoms with Crippen LogP contribution in [-0.2, 0) is 26.2 Å². The van der Waals surface area contributed by atoms with Gasteiger partial charge in [-0.2, -0.15) is 11.1 Å². The number of hydrogen-bond donors (Lipinski definition) is 0. The van der Waals surface area contributed by atoms with E-state index >= 15 is 0 Å². The van der Waals surface area contributed by atoms with Gasteiger partial charge in [-0.3, -0.25) is 12.2 Å². The van der Waals surface area contributed by atoms with E-state index in [-0.39, 0.29) is 56.9 Å². The number of allylic oxidation sites excluding steroid dienone is 2. The van der Waals surface area contributed by atoms with Crippen LogP contribution < -0.4 is 24.8 Å². The van der Waals surface area contributed by atoms with Gasteiger partial charge in [0.1, 0.15) is 0 Å². The number of hydrogen-bond acceptors (Lipinski definition) is 1. The maximum absolute atomic E-state index is 6.25. The van der Waals surface area contributed by atoms with Crippen LogP contribution in [-0.4, -0.2) is 0 Å². The molecule has 0 spiro atoms. The van der Waals surface area contributed by atoms with Gasteiger partial charge in [-0.15, -0.1) is 29.0 Å². The molecule has 3 aliphatic rings. The Morgan fingerprint density at radius 3 is 2.23 bits per heavy atom. The molecule has 7 rings (SSSR count). The van der Waals surface area contributed by atoms with Crippen molar-refractivity contribution in [2.24, 2.45) is 0 Å². The molecule has 1 heterocycles. The van der Waals surface area contributed by atoms with Crippen LogP contribution in [0.5, 0.6) is 0 Å². The molecule has 0 saturated heterocycles. The minimum Gasteiger partial charge on any atom is -1.00 e. The first kappa shape index (κ1) is 28.0. The van der Waals surface area contributed by atoms with Gasteiger partial charge in [0.05, 0.1) is 0 Å². The molecule has 4 aromatic carbocycles. The summed E-state index contributed by atoms with van der Waals surface area (Å²) in [6, 6.07) is 31.7. The molecule has 0 N–H and O–H groups in total. The van der Waals surface area contributed by atoms with E-state index in [0.717, 1.165) is 5.02 Å². The zero-order valence-electron chi connectivity index (χ0n) is 18.5. The Morgan fingerprint density at radius 2 is 1.40 bits per heavy atom. The first-order chi connectivity index (χ1) is 15.8. The number of benzene rings is 4. The van der Waals surface area contributed by atoms with Crippen molar-refractivity contribution in [2.45, 2.75) is 21.6 Å². The zero-order valence-corrected chi connectivity index (χ0v) is 24.1. The van der Waals surface area contributed by atoms with Gasteiger partial charge in [0.25, 0.3) is 0 Å². The third-order valence-electron chi connectivity index (χ3n) is 6.14. The smallest absolute Gasteiger partial charge is 1.00 e. The predicted octanol–water partition coefficient (Wildman–Crippen LogP) is 2.42. The maximum atomic E-state index is 6.25. The Bertz CT molecular complexity index is 1380. The number of halogens is 3. The van der Waals surface area contributed by atoms with Crippen LogP contribution in [0.2, 0.25) is 5.02 Å². The zero-order chi connectivity index (χ0) is 21.5.